The molecule has 2 aliphatic rings. The molecule has 3 rings (SSSR count). The van der Waals surface area contributed by atoms with Crippen molar-refractivity contribution in [1.82, 2.24) is 15.2 Å². The van der Waals surface area contributed by atoms with E-state index < -0.39 is 12.8 Å². The minimum atomic E-state index is -4.41. The zero-order chi connectivity index (χ0) is 16.4. The molecule has 1 N–H and O–H groups in total. The number of alkyl halides is 3. The lowest BCUT2D eigenvalue weighted by molar-refractivity contribution is -0.154. The van der Waals surface area contributed by atoms with Crippen molar-refractivity contribution in [2.45, 2.75) is 37.5 Å². The topological polar surface area (TPSA) is 54.5 Å². The maximum Gasteiger partial charge on any atom is 0.422 e. The van der Waals surface area contributed by atoms with Crippen LogP contribution in [0, 0.1) is 0 Å². The molecule has 1 aromatic heterocycles. The van der Waals surface area contributed by atoms with Crippen molar-refractivity contribution in [3.05, 3.63) is 23.9 Å². The molecule has 2 fully saturated rings. The zero-order valence-corrected chi connectivity index (χ0v) is 13.7. The van der Waals surface area contributed by atoms with Crippen LogP contribution in [-0.2, 0) is 0 Å². The highest BCUT2D eigenvalue weighted by molar-refractivity contribution is 5.94. The van der Waals surface area contributed by atoms with Crippen LogP contribution in [0.15, 0.2) is 18.3 Å². The number of hydrogen-bond donors (Lipinski definition) is 1. The number of carbonyl (C=O) groups is 1. The van der Waals surface area contributed by atoms with Gasteiger partial charge in [0.25, 0.3) is 5.91 Å². The van der Waals surface area contributed by atoms with Gasteiger partial charge in [-0.2, -0.15) is 13.2 Å². The molecule has 1 amide bonds. The molecular weight excluding hydrogens is 347 g/mol. The van der Waals surface area contributed by atoms with Gasteiger partial charge in [-0.1, -0.05) is 0 Å². The van der Waals surface area contributed by atoms with Crippen LogP contribution in [0.25, 0.3) is 0 Å². The molecule has 134 valence electrons. The van der Waals surface area contributed by atoms with Gasteiger partial charge in [0.1, 0.15) is 0 Å². The largest absolute Gasteiger partial charge is 0.468 e. The van der Waals surface area contributed by atoms with E-state index in [9.17, 15) is 18.0 Å². The SMILES string of the molecule is Cl.O=C(c1ccc(OCC(F)(F)F)nc1)N1C2CCNCC1CC2. The van der Waals surface area contributed by atoms with Gasteiger partial charge in [0, 0.05) is 30.9 Å². The monoisotopic (exact) mass is 365 g/mol. The van der Waals surface area contributed by atoms with Crippen molar-refractivity contribution in [2.75, 3.05) is 19.7 Å². The third-order valence-electron chi connectivity index (χ3n) is 4.26. The van der Waals surface area contributed by atoms with Crippen LogP contribution in [0.4, 0.5) is 13.2 Å². The fourth-order valence-electron chi connectivity index (χ4n) is 3.21. The summed E-state index contributed by atoms with van der Waals surface area (Å²) in [5.74, 6) is -0.254. The standard InChI is InChI=1S/C15H18F3N3O2.ClH/c16-15(17,18)9-23-13-4-1-10(7-20-13)14(22)21-11-2-3-12(21)8-19-6-5-11;/h1,4,7,11-12,19H,2-3,5-6,8-9H2;1H. The predicted octanol–water partition coefficient (Wildman–Crippen LogP) is 2.41. The van der Waals surface area contributed by atoms with Gasteiger partial charge in [-0.3, -0.25) is 4.79 Å². The van der Waals surface area contributed by atoms with Gasteiger partial charge < -0.3 is 15.0 Å². The van der Waals surface area contributed by atoms with E-state index >= 15 is 0 Å². The Labute approximate surface area is 144 Å². The summed E-state index contributed by atoms with van der Waals surface area (Å²) < 4.78 is 40.9. The summed E-state index contributed by atoms with van der Waals surface area (Å²) in [5.41, 5.74) is 0.378. The molecule has 0 aliphatic carbocycles. The Balaban J connectivity index is 0.00000208. The van der Waals surface area contributed by atoms with E-state index in [1.54, 1.807) is 0 Å². The molecule has 2 unspecified atom stereocenters. The van der Waals surface area contributed by atoms with Crippen LogP contribution in [0.2, 0.25) is 0 Å². The summed E-state index contributed by atoms with van der Waals surface area (Å²) in [6.45, 7) is 0.283. The first-order valence-corrected chi connectivity index (χ1v) is 7.63. The number of ether oxygens (including phenoxy) is 1. The van der Waals surface area contributed by atoms with E-state index in [-0.39, 0.29) is 36.3 Å². The number of halogens is 4. The van der Waals surface area contributed by atoms with Gasteiger partial charge in [0.15, 0.2) is 6.61 Å². The number of pyridine rings is 1. The molecule has 2 saturated heterocycles. The van der Waals surface area contributed by atoms with Gasteiger partial charge >= 0.3 is 6.18 Å². The maximum atomic E-state index is 12.7. The maximum absolute atomic E-state index is 12.7. The molecule has 24 heavy (non-hydrogen) atoms. The van der Waals surface area contributed by atoms with Gasteiger partial charge in [0.05, 0.1) is 5.56 Å². The van der Waals surface area contributed by atoms with Crippen LogP contribution < -0.4 is 10.1 Å². The molecule has 0 spiro atoms. The van der Waals surface area contributed by atoms with E-state index in [0.29, 0.717) is 5.56 Å². The Morgan fingerprint density at radius 1 is 1.29 bits per heavy atom. The summed E-state index contributed by atoms with van der Waals surface area (Å²) >= 11 is 0. The zero-order valence-electron chi connectivity index (χ0n) is 12.9. The van der Waals surface area contributed by atoms with E-state index in [4.69, 9.17) is 0 Å². The fourth-order valence-corrected chi connectivity index (χ4v) is 3.21. The van der Waals surface area contributed by atoms with Crippen LogP contribution >= 0.6 is 12.4 Å². The lowest BCUT2D eigenvalue weighted by Crippen LogP contribution is -2.42. The van der Waals surface area contributed by atoms with Crippen LogP contribution in [-0.4, -0.2) is 53.7 Å². The molecule has 5 nitrogen and oxygen atoms in total. The lowest BCUT2D eigenvalue weighted by atomic mass is 10.1. The van der Waals surface area contributed by atoms with Crippen molar-refractivity contribution in [3.8, 4) is 5.88 Å². The molecule has 2 atom stereocenters. The normalized spacial score (nSPS) is 23.4. The summed E-state index contributed by atoms with van der Waals surface area (Å²) in [6, 6.07) is 3.18. The average Bonchev–Trinajstić information content (AvgIpc) is 2.77. The van der Waals surface area contributed by atoms with E-state index in [1.165, 1.54) is 18.3 Å². The van der Waals surface area contributed by atoms with E-state index in [0.717, 1.165) is 32.4 Å². The second kappa shape index (κ2) is 7.57. The minimum absolute atomic E-state index is 0. The smallest absolute Gasteiger partial charge is 0.422 e. The first kappa shape index (κ1) is 18.8. The van der Waals surface area contributed by atoms with Crippen LogP contribution in [0.1, 0.15) is 29.6 Å². The van der Waals surface area contributed by atoms with Gasteiger partial charge in [0.2, 0.25) is 5.88 Å². The van der Waals surface area contributed by atoms with Crippen molar-refractivity contribution in [1.29, 1.82) is 0 Å². The molecule has 2 aliphatic heterocycles. The highest BCUT2D eigenvalue weighted by Crippen LogP contribution is 2.29. The fraction of sp³-hybridized carbons (Fsp3) is 0.600. The Bertz CT molecular complexity index is 554. The molecule has 0 aromatic carbocycles. The lowest BCUT2D eigenvalue weighted by Gasteiger charge is -2.27. The minimum Gasteiger partial charge on any atom is -0.468 e. The molecule has 3 heterocycles. The number of rotatable bonds is 3. The predicted molar refractivity (Wildman–Crippen MR) is 83.5 cm³/mol. The van der Waals surface area contributed by atoms with E-state index in [1.807, 2.05) is 4.90 Å². The number of hydrogen-bond acceptors (Lipinski definition) is 4. The number of nitrogens with one attached hydrogen (secondary N) is 1. The van der Waals surface area contributed by atoms with Crippen molar-refractivity contribution >= 4 is 18.3 Å². The van der Waals surface area contributed by atoms with Crippen molar-refractivity contribution in [3.63, 3.8) is 0 Å². The van der Waals surface area contributed by atoms with Gasteiger partial charge in [-0.05, 0) is 31.9 Å². The Hall–Kier alpha value is -1.54. The number of aromatic nitrogens is 1. The van der Waals surface area contributed by atoms with Gasteiger partial charge in [-0.25, -0.2) is 4.98 Å². The van der Waals surface area contributed by atoms with E-state index in [2.05, 4.69) is 15.0 Å². The Kier molecular flexibility index (Phi) is 5.92. The Morgan fingerprint density at radius 2 is 2.04 bits per heavy atom. The third kappa shape index (κ3) is 4.30. The third-order valence-corrected chi connectivity index (χ3v) is 4.26. The quantitative estimate of drug-likeness (QED) is 0.893. The molecule has 1 aromatic rings. The molecule has 9 heteroatoms. The number of fused-ring (bicyclic) bond motifs is 2. The highest BCUT2D eigenvalue weighted by Gasteiger charge is 2.38. The van der Waals surface area contributed by atoms with Crippen LogP contribution in [0.3, 0.4) is 0 Å². The second-order valence-electron chi connectivity index (χ2n) is 5.88. The first-order chi connectivity index (χ1) is 10.9. The molecule has 0 saturated carbocycles. The summed E-state index contributed by atoms with van der Waals surface area (Å²) in [6.07, 6.45) is -0.232. The average molecular weight is 366 g/mol. The number of carbonyl (C=O) groups excluding carboxylic acids is 1. The first-order valence-electron chi connectivity index (χ1n) is 7.63. The molecule has 0 radical (unpaired) electrons. The number of nitrogens with zero attached hydrogens (tertiary/aromatic N) is 2. The summed E-state index contributed by atoms with van der Waals surface area (Å²) in [5, 5.41) is 3.32. The summed E-state index contributed by atoms with van der Waals surface area (Å²) in [7, 11) is 0. The van der Waals surface area contributed by atoms with Crippen molar-refractivity contribution < 1.29 is 22.7 Å². The summed E-state index contributed by atoms with van der Waals surface area (Å²) in [4.78, 5) is 18.4. The second-order valence-corrected chi connectivity index (χ2v) is 5.88. The highest BCUT2D eigenvalue weighted by atomic mass is 35.5. The number of amides is 1. The van der Waals surface area contributed by atoms with Crippen molar-refractivity contribution in [2.24, 2.45) is 0 Å². The van der Waals surface area contributed by atoms with Crippen LogP contribution in [0.5, 0.6) is 5.88 Å². The van der Waals surface area contributed by atoms with Gasteiger partial charge in [-0.15, -0.1) is 12.4 Å². The Morgan fingerprint density at radius 3 is 2.71 bits per heavy atom. The molecule has 2 bridgehead atoms. The molecular formula is C15H19ClF3N3O2.